The van der Waals surface area contributed by atoms with Gasteiger partial charge in [0.25, 0.3) is 5.91 Å². The van der Waals surface area contributed by atoms with Crippen molar-refractivity contribution >= 4 is 11.6 Å². The molecule has 20 heavy (non-hydrogen) atoms. The van der Waals surface area contributed by atoms with Gasteiger partial charge in [-0.3, -0.25) is 4.79 Å². The summed E-state index contributed by atoms with van der Waals surface area (Å²) < 4.78 is 5.66. The number of likely N-dealkylation sites (N-methyl/N-ethyl adjacent to an activating group) is 1. The van der Waals surface area contributed by atoms with E-state index < -0.39 is 6.10 Å². The molecule has 1 amide bonds. The fraction of sp³-hybridized carbons (Fsp3) is 0.562. The fourth-order valence-electron chi connectivity index (χ4n) is 2.57. The van der Waals surface area contributed by atoms with Crippen molar-refractivity contribution < 1.29 is 9.53 Å². The summed E-state index contributed by atoms with van der Waals surface area (Å²) in [5.74, 6) is 0.782. The van der Waals surface area contributed by atoms with Gasteiger partial charge in [-0.2, -0.15) is 0 Å². The third-order valence-electron chi connectivity index (χ3n) is 3.80. The van der Waals surface area contributed by atoms with Gasteiger partial charge in [-0.25, -0.2) is 0 Å². The zero-order valence-electron chi connectivity index (χ0n) is 12.6. The van der Waals surface area contributed by atoms with E-state index in [4.69, 9.17) is 10.5 Å². The maximum atomic E-state index is 12.1. The van der Waals surface area contributed by atoms with Crippen LogP contribution in [0, 0.1) is 0 Å². The van der Waals surface area contributed by atoms with E-state index in [1.807, 2.05) is 25.1 Å². The summed E-state index contributed by atoms with van der Waals surface area (Å²) in [6.45, 7) is 6.57. The van der Waals surface area contributed by atoms with Crippen LogP contribution in [-0.2, 0) is 4.79 Å². The number of carbonyl (C=O) groups excluding carboxylic acids is 1. The molecule has 1 aromatic rings. The number of nitrogens with two attached hydrogens (primary N) is 1. The van der Waals surface area contributed by atoms with E-state index in [-0.39, 0.29) is 11.9 Å². The number of unbranched alkanes of at least 4 members (excludes halogenated alkanes) is 1. The first kappa shape index (κ1) is 14.9. The van der Waals surface area contributed by atoms with Crippen LogP contribution in [0.5, 0.6) is 5.75 Å². The Morgan fingerprint density at radius 3 is 2.80 bits per heavy atom. The highest BCUT2D eigenvalue weighted by atomic mass is 16.5. The number of anilines is 1. The predicted octanol–water partition coefficient (Wildman–Crippen LogP) is 3.01. The van der Waals surface area contributed by atoms with Gasteiger partial charge < -0.3 is 15.4 Å². The highest BCUT2D eigenvalue weighted by Gasteiger charge is 2.30. The lowest BCUT2D eigenvalue weighted by Gasteiger charge is -2.33. The van der Waals surface area contributed by atoms with Gasteiger partial charge in [0.05, 0.1) is 5.69 Å². The van der Waals surface area contributed by atoms with Crippen LogP contribution in [0.15, 0.2) is 18.2 Å². The summed E-state index contributed by atoms with van der Waals surface area (Å²) >= 11 is 0. The van der Waals surface area contributed by atoms with Crippen molar-refractivity contribution in [3.05, 3.63) is 23.8 Å². The number of fused-ring (bicyclic) bond motifs is 1. The Labute approximate surface area is 120 Å². The molecule has 2 N–H and O–H groups in total. The molecule has 0 saturated carbocycles. The Morgan fingerprint density at radius 2 is 2.15 bits per heavy atom. The minimum absolute atomic E-state index is 0.0132. The number of carbonyl (C=O) groups is 1. The molecular weight excluding hydrogens is 252 g/mol. The van der Waals surface area contributed by atoms with Crippen LogP contribution in [0.4, 0.5) is 5.69 Å². The van der Waals surface area contributed by atoms with E-state index in [0.717, 1.165) is 36.3 Å². The van der Waals surface area contributed by atoms with Crippen LogP contribution in [0.25, 0.3) is 0 Å². The molecule has 0 fully saturated rings. The van der Waals surface area contributed by atoms with Crippen molar-refractivity contribution in [1.82, 2.24) is 0 Å². The lowest BCUT2D eigenvalue weighted by Crippen LogP contribution is -2.44. The molecule has 2 atom stereocenters. The monoisotopic (exact) mass is 276 g/mol. The van der Waals surface area contributed by atoms with E-state index in [0.29, 0.717) is 6.54 Å². The van der Waals surface area contributed by atoms with Crippen molar-refractivity contribution in [2.24, 2.45) is 5.73 Å². The van der Waals surface area contributed by atoms with Gasteiger partial charge in [-0.05, 0) is 38.0 Å². The molecule has 0 bridgehead atoms. The Balaban J connectivity index is 2.30. The molecule has 0 radical (unpaired) electrons. The van der Waals surface area contributed by atoms with Gasteiger partial charge in [0, 0.05) is 12.6 Å². The normalized spacial score (nSPS) is 19.5. The third kappa shape index (κ3) is 2.80. The zero-order valence-corrected chi connectivity index (χ0v) is 12.6. The minimum Gasteiger partial charge on any atom is -0.479 e. The topological polar surface area (TPSA) is 55.6 Å². The van der Waals surface area contributed by atoms with Gasteiger partial charge in [-0.1, -0.05) is 25.8 Å². The van der Waals surface area contributed by atoms with E-state index in [2.05, 4.69) is 6.92 Å². The minimum atomic E-state index is -0.415. The van der Waals surface area contributed by atoms with Crippen LogP contribution in [0.3, 0.4) is 0 Å². The molecule has 4 heteroatoms. The Morgan fingerprint density at radius 1 is 1.40 bits per heavy atom. The van der Waals surface area contributed by atoms with Gasteiger partial charge in [0.2, 0.25) is 0 Å². The van der Waals surface area contributed by atoms with Crippen molar-refractivity contribution in [3.63, 3.8) is 0 Å². The second kappa shape index (κ2) is 6.27. The average molecular weight is 276 g/mol. The maximum Gasteiger partial charge on any atom is 0.267 e. The van der Waals surface area contributed by atoms with E-state index >= 15 is 0 Å². The van der Waals surface area contributed by atoms with Crippen LogP contribution in [0.2, 0.25) is 0 Å². The Bertz CT molecular complexity index is 487. The van der Waals surface area contributed by atoms with E-state index in [1.165, 1.54) is 0 Å². The number of amides is 1. The highest BCUT2D eigenvalue weighted by Crippen LogP contribution is 2.36. The molecule has 0 aromatic heterocycles. The van der Waals surface area contributed by atoms with E-state index in [1.54, 1.807) is 11.8 Å². The summed E-state index contributed by atoms with van der Waals surface area (Å²) in [5, 5.41) is 0. The largest absolute Gasteiger partial charge is 0.479 e. The molecule has 4 nitrogen and oxygen atoms in total. The zero-order chi connectivity index (χ0) is 14.7. The molecule has 0 saturated heterocycles. The molecule has 2 rings (SSSR count). The van der Waals surface area contributed by atoms with Crippen LogP contribution < -0.4 is 15.4 Å². The second-order valence-corrected chi connectivity index (χ2v) is 5.32. The summed E-state index contributed by atoms with van der Waals surface area (Å²) in [4.78, 5) is 13.9. The summed E-state index contributed by atoms with van der Waals surface area (Å²) in [5.41, 5.74) is 8.14. The SMILES string of the molecule is CCCCC(N)c1ccc2c(c1)N(CC)C(=O)C(C)O2. The summed E-state index contributed by atoms with van der Waals surface area (Å²) in [7, 11) is 0. The van der Waals surface area contributed by atoms with Crippen LogP contribution in [-0.4, -0.2) is 18.6 Å². The standard InChI is InChI=1S/C16H24N2O2/c1-4-6-7-13(17)12-8-9-15-14(10-12)18(5-2)16(19)11(3)20-15/h8-11,13H,4-7,17H2,1-3H3. The average Bonchev–Trinajstić information content (AvgIpc) is 2.45. The smallest absolute Gasteiger partial charge is 0.267 e. The Kier molecular flexibility index (Phi) is 4.65. The number of hydrogen-bond acceptors (Lipinski definition) is 3. The van der Waals surface area contributed by atoms with Gasteiger partial charge in [0.15, 0.2) is 6.10 Å². The number of hydrogen-bond donors (Lipinski definition) is 1. The molecule has 1 aliphatic heterocycles. The fourth-order valence-corrected chi connectivity index (χ4v) is 2.57. The number of ether oxygens (including phenoxy) is 1. The number of nitrogens with zero attached hydrogens (tertiary/aromatic N) is 1. The first-order chi connectivity index (χ1) is 9.58. The predicted molar refractivity (Wildman–Crippen MR) is 81.0 cm³/mol. The van der Waals surface area contributed by atoms with Crippen molar-refractivity contribution in [2.75, 3.05) is 11.4 Å². The molecular formula is C16H24N2O2. The Hall–Kier alpha value is -1.55. The molecule has 2 unspecified atom stereocenters. The maximum absolute atomic E-state index is 12.1. The summed E-state index contributed by atoms with van der Waals surface area (Å²) in [6, 6.07) is 5.97. The van der Waals surface area contributed by atoms with Gasteiger partial charge in [0.1, 0.15) is 5.75 Å². The first-order valence-electron chi connectivity index (χ1n) is 7.46. The number of benzene rings is 1. The number of rotatable bonds is 5. The lowest BCUT2D eigenvalue weighted by atomic mass is 10.0. The molecule has 1 heterocycles. The molecule has 110 valence electrons. The van der Waals surface area contributed by atoms with E-state index in [9.17, 15) is 4.79 Å². The summed E-state index contributed by atoms with van der Waals surface area (Å²) in [6.07, 6.45) is 2.80. The highest BCUT2D eigenvalue weighted by molar-refractivity contribution is 5.99. The van der Waals surface area contributed by atoms with Gasteiger partial charge >= 0.3 is 0 Å². The second-order valence-electron chi connectivity index (χ2n) is 5.32. The molecule has 0 aliphatic carbocycles. The first-order valence-corrected chi connectivity index (χ1v) is 7.46. The van der Waals surface area contributed by atoms with Crippen molar-refractivity contribution in [2.45, 2.75) is 52.2 Å². The van der Waals surface area contributed by atoms with Crippen LogP contribution >= 0.6 is 0 Å². The van der Waals surface area contributed by atoms with Crippen LogP contribution in [0.1, 0.15) is 51.6 Å². The quantitative estimate of drug-likeness (QED) is 0.899. The van der Waals surface area contributed by atoms with Crippen molar-refractivity contribution in [1.29, 1.82) is 0 Å². The van der Waals surface area contributed by atoms with Crippen molar-refractivity contribution in [3.8, 4) is 5.75 Å². The molecule has 1 aromatic carbocycles. The van der Waals surface area contributed by atoms with Gasteiger partial charge in [-0.15, -0.1) is 0 Å². The lowest BCUT2D eigenvalue weighted by molar-refractivity contribution is -0.125. The third-order valence-corrected chi connectivity index (χ3v) is 3.80. The molecule has 0 spiro atoms. The molecule has 1 aliphatic rings.